The molecule has 84 valence electrons. The number of azide groups is 1. The van der Waals surface area contributed by atoms with Gasteiger partial charge in [0, 0.05) is 16.7 Å². The first-order valence-electron chi connectivity index (χ1n) is 4.00. The summed E-state index contributed by atoms with van der Waals surface area (Å²) in [5.74, 6) is 0. The maximum atomic E-state index is 12.4. The molecule has 0 aromatic carbocycles. The van der Waals surface area contributed by atoms with Gasteiger partial charge in [-0.15, -0.1) is 0 Å². The molecule has 1 aromatic heterocycles. The highest BCUT2D eigenvalue weighted by Gasteiger charge is 2.36. The third-order valence-corrected chi connectivity index (χ3v) is 1.64. The quantitative estimate of drug-likeness (QED) is 0.452. The summed E-state index contributed by atoms with van der Waals surface area (Å²) < 4.78 is 38.2. The Labute approximate surface area is 87.5 Å². The molecule has 0 aliphatic rings. The highest BCUT2D eigenvalue weighted by atomic mass is 19.4. The van der Waals surface area contributed by atoms with Gasteiger partial charge in [0.2, 0.25) is 0 Å². The van der Waals surface area contributed by atoms with Gasteiger partial charge in [-0.2, -0.15) is 23.5 Å². The van der Waals surface area contributed by atoms with Crippen molar-refractivity contribution in [1.82, 2.24) is 9.78 Å². The van der Waals surface area contributed by atoms with Crippen LogP contribution in [0.25, 0.3) is 10.4 Å². The molecule has 0 bridgehead atoms. The topological polar surface area (TPSA) is 90.4 Å². The first-order chi connectivity index (χ1) is 7.49. The summed E-state index contributed by atoms with van der Waals surface area (Å²) >= 11 is 0. The van der Waals surface area contributed by atoms with Crippen LogP contribution in [0.1, 0.15) is 11.3 Å². The number of halogens is 3. The highest BCUT2D eigenvalue weighted by molar-refractivity contribution is 5.20. The standard InChI is InChI=1S/C7H5F3N6/c8-7(9,10)6-5(3-13-15-12)4-16(14-6)2-1-11/h4H,2-3H2. The van der Waals surface area contributed by atoms with E-state index < -0.39 is 18.4 Å². The second kappa shape index (κ2) is 4.55. The van der Waals surface area contributed by atoms with Gasteiger partial charge in [0.05, 0.1) is 12.6 Å². The molecule has 0 radical (unpaired) electrons. The van der Waals surface area contributed by atoms with Crippen LogP contribution >= 0.6 is 0 Å². The highest BCUT2D eigenvalue weighted by Crippen LogP contribution is 2.30. The van der Waals surface area contributed by atoms with Crippen LogP contribution in [-0.2, 0) is 19.3 Å². The van der Waals surface area contributed by atoms with E-state index in [9.17, 15) is 13.2 Å². The Hall–Kier alpha value is -2.20. The molecule has 6 nitrogen and oxygen atoms in total. The average Bonchev–Trinajstić information content (AvgIpc) is 2.58. The Bertz CT molecular complexity index is 461. The number of hydrogen-bond acceptors (Lipinski definition) is 3. The molecule has 0 saturated carbocycles. The van der Waals surface area contributed by atoms with E-state index in [-0.39, 0.29) is 12.1 Å². The summed E-state index contributed by atoms with van der Waals surface area (Å²) in [6, 6.07) is 1.66. The van der Waals surface area contributed by atoms with E-state index >= 15 is 0 Å². The van der Waals surface area contributed by atoms with Crippen LogP contribution in [-0.4, -0.2) is 9.78 Å². The summed E-state index contributed by atoms with van der Waals surface area (Å²) in [7, 11) is 0. The van der Waals surface area contributed by atoms with Crippen molar-refractivity contribution in [1.29, 1.82) is 5.26 Å². The molecule has 1 aromatic rings. The number of alkyl halides is 3. The van der Waals surface area contributed by atoms with Crippen LogP contribution in [0.15, 0.2) is 11.3 Å². The van der Waals surface area contributed by atoms with Gasteiger partial charge in [-0.3, -0.25) is 4.68 Å². The first kappa shape index (κ1) is 11.9. The number of rotatable bonds is 3. The summed E-state index contributed by atoms with van der Waals surface area (Å²) in [6.07, 6.45) is -3.58. The van der Waals surface area contributed by atoms with E-state index in [2.05, 4.69) is 15.1 Å². The Balaban J connectivity index is 3.13. The van der Waals surface area contributed by atoms with E-state index in [0.717, 1.165) is 10.9 Å². The van der Waals surface area contributed by atoms with E-state index in [4.69, 9.17) is 10.8 Å². The van der Waals surface area contributed by atoms with Gasteiger partial charge in [-0.05, 0) is 5.53 Å². The minimum Gasteiger partial charge on any atom is -0.258 e. The number of nitriles is 1. The lowest BCUT2D eigenvalue weighted by atomic mass is 10.2. The monoisotopic (exact) mass is 230 g/mol. The van der Waals surface area contributed by atoms with Crippen molar-refractivity contribution in [2.45, 2.75) is 19.3 Å². The summed E-state index contributed by atoms with van der Waals surface area (Å²) in [5, 5.41) is 14.6. The van der Waals surface area contributed by atoms with E-state index in [1.165, 1.54) is 0 Å². The lowest BCUT2D eigenvalue weighted by Crippen LogP contribution is -2.09. The zero-order valence-electron chi connectivity index (χ0n) is 7.81. The predicted octanol–water partition coefficient (Wildman–Crippen LogP) is 2.24. The van der Waals surface area contributed by atoms with E-state index in [1.54, 1.807) is 6.07 Å². The number of nitrogens with zero attached hydrogens (tertiary/aromatic N) is 6. The zero-order chi connectivity index (χ0) is 12.2. The van der Waals surface area contributed by atoms with Crippen molar-refractivity contribution in [3.8, 4) is 6.07 Å². The van der Waals surface area contributed by atoms with Crippen molar-refractivity contribution >= 4 is 0 Å². The maximum Gasteiger partial charge on any atom is 0.435 e. The maximum absolute atomic E-state index is 12.4. The Morgan fingerprint density at radius 3 is 2.81 bits per heavy atom. The molecule has 1 heterocycles. The Morgan fingerprint density at radius 1 is 1.62 bits per heavy atom. The lowest BCUT2D eigenvalue weighted by Gasteiger charge is -2.03. The van der Waals surface area contributed by atoms with Crippen LogP contribution in [0.5, 0.6) is 0 Å². The van der Waals surface area contributed by atoms with E-state index in [0.29, 0.717) is 0 Å². The second-order valence-corrected chi connectivity index (χ2v) is 2.75. The Kier molecular flexibility index (Phi) is 3.37. The van der Waals surface area contributed by atoms with Gasteiger partial charge >= 0.3 is 6.18 Å². The fraction of sp³-hybridized carbons (Fsp3) is 0.429. The molecule has 0 spiro atoms. The SMILES string of the molecule is N#CCn1cc(CN=[N+]=[N-])c(C(F)(F)F)n1. The summed E-state index contributed by atoms with van der Waals surface area (Å²) in [4.78, 5) is 2.36. The third kappa shape index (κ3) is 2.65. The molecule has 0 aliphatic carbocycles. The molecule has 0 aliphatic heterocycles. The van der Waals surface area contributed by atoms with Crippen LogP contribution in [0.2, 0.25) is 0 Å². The molecule has 9 heteroatoms. The predicted molar refractivity (Wildman–Crippen MR) is 45.7 cm³/mol. The van der Waals surface area contributed by atoms with Crippen LogP contribution in [0.3, 0.4) is 0 Å². The fourth-order valence-corrected chi connectivity index (χ4v) is 1.08. The molecular formula is C7H5F3N6. The van der Waals surface area contributed by atoms with Gasteiger partial charge in [0.15, 0.2) is 5.69 Å². The fourth-order valence-electron chi connectivity index (χ4n) is 1.08. The van der Waals surface area contributed by atoms with Gasteiger partial charge in [-0.1, -0.05) is 5.11 Å². The smallest absolute Gasteiger partial charge is 0.258 e. The molecule has 0 atom stereocenters. The van der Waals surface area contributed by atoms with Crippen molar-refractivity contribution < 1.29 is 13.2 Å². The Morgan fingerprint density at radius 2 is 2.31 bits per heavy atom. The normalized spacial score (nSPS) is 10.6. The summed E-state index contributed by atoms with van der Waals surface area (Å²) in [5.41, 5.74) is 6.65. The lowest BCUT2D eigenvalue weighted by molar-refractivity contribution is -0.142. The second-order valence-electron chi connectivity index (χ2n) is 2.75. The molecule has 0 N–H and O–H groups in total. The van der Waals surface area contributed by atoms with Crippen LogP contribution in [0.4, 0.5) is 13.2 Å². The molecule has 1 rings (SSSR count). The van der Waals surface area contributed by atoms with Crippen LogP contribution in [0, 0.1) is 11.3 Å². The molecule has 0 saturated heterocycles. The average molecular weight is 230 g/mol. The molecule has 0 unspecified atom stereocenters. The molecule has 0 amide bonds. The van der Waals surface area contributed by atoms with Crippen LogP contribution < -0.4 is 0 Å². The molecule has 0 fully saturated rings. The first-order valence-corrected chi connectivity index (χ1v) is 4.00. The minimum atomic E-state index is -4.62. The van der Waals surface area contributed by atoms with Gasteiger partial charge in [0.25, 0.3) is 0 Å². The largest absolute Gasteiger partial charge is 0.435 e. The van der Waals surface area contributed by atoms with Crippen molar-refractivity contribution in [2.75, 3.05) is 0 Å². The van der Waals surface area contributed by atoms with E-state index in [1.807, 2.05) is 0 Å². The summed E-state index contributed by atoms with van der Waals surface area (Å²) in [6.45, 7) is -0.740. The number of aromatic nitrogens is 2. The van der Waals surface area contributed by atoms with Gasteiger partial charge in [-0.25, -0.2) is 0 Å². The zero-order valence-corrected chi connectivity index (χ0v) is 7.81. The molecule has 16 heavy (non-hydrogen) atoms. The number of hydrogen-bond donors (Lipinski definition) is 0. The van der Waals surface area contributed by atoms with Gasteiger partial charge < -0.3 is 0 Å². The minimum absolute atomic E-state index is 0.249. The molecular weight excluding hydrogens is 225 g/mol. The van der Waals surface area contributed by atoms with Crippen molar-refractivity contribution in [3.63, 3.8) is 0 Å². The third-order valence-electron chi connectivity index (χ3n) is 1.64. The van der Waals surface area contributed by atoms with Crippen molar-refractivity contribution in [3.05, 3.63) is 27.9 Å². The van der Waals surface area contributed by atoms with Crippen molar-refractivity contribution in [2.24, 2.45) is 5.11 Å². The van der Waals surface area contributed by atoms with Gasteiger partial charge in [0.1, 0.15) is 6.54 Å².